The largest absolute Gasteiger partial charge is 0.467 e. The van der Waals surface area contributed by atoms with E-state index in [0.717, 1.165) is 17.9 Å². The van der Waals surface area contributed by atoms with Crippen molar-refractivity contribution in [2.45, 2.75) is 25.3 Å². The molecular weight excluding hydrogens is 366 g/mol. The first kappa shape index (κ1) is 21.1. The summed E-state index contributed by atoms with van der Waals surface area (Å²) in [6, 6.07) is 8.35. The van der Waals surface area contributed by atoms with Gasteiger partial charge in [-0.15, -0.1) is 0 Å². The molecule has 2 atom stereocenters. The highest BCUT2D eigenvalue weighted by Crippen LogP contribution is 2.19. The molecule has 1 aromatic rings. The van der Waals surface area contributed by atoms with Gasteiger partial charge in [-0.3, -0.25) is 4.79 Å². The fourth-order valence-corrected chi connectivity index (χ4v) is 3.49. The number of nitrogens with zero attached hydrogens (tertiary/aromatic N) is 1. The molecule has 0 aromatic heterocycles. The van der Waals surface area contributed by atoms with Gasteiger partial charge in [0.25, 0.3) is 0 Å². The summed E-state index contributed by atoms with van der Waals surface area (Å²) in [5.41, 5.74) is 0.719. The Bertz CT molecular complexity index is 641. The number of thioether (sulfide) groups is 1. The number of esters is 1. The molecule has 1 saturated heterocycles. The van der Waals surface area contributed by atoms with Crippen LogP contribution in [0.4, 0.5) is 10.5 Å². The summed E-state index contributed by atoms with van der Waals surface area (Å²) in [5, 5.41) is 5.64. The molecule has 0 saturated carbocycles. The van der Waals surface area contributed by atoms with Crippen LogP contribution in [0.1, 0.15) is 19.3 Å². The summed E-state index contributed by atoms with van der Waals surface area (Å²) in [4.78, 5) is 38.6. The Kier molecular flexibility index (Phi) is 8.44. The summed E-state index contributed by atoms with van der Waals surface area (Å²) in [6.45, 7) is 0.941. The molecule has 2 rings (SSSR count). The minimum atomic E-state index is -0.650. The van der Waals surface area contributed by atoms with E-state index in [1.165, 1.54) is 7.11 Å². The summed E-state index contributed by atoms with van der Waals surface area (Å²) >= 11 is 1.61. The highest BCUT2D eigenvalue weighted by Gasteiger charge is 2.31. The van der Waals surface area contributed by atoms with Gasteiger partial charge < -0.3 is 20.3 Å². The highest BCUT2D eigenvalue weighted by atomic mass is 32.2. The molecule has 0 spiro atoms. The molecule has 7 nitrogen and oxygen atoms in total. The maximum absolute atomic E-state index is 12.6. The number of para-hydroxylation sites is 1. The van der Waals surface area contributed by atoms with Crippen LogP contribution in [0.2, 0.25) is 0 Å². The van der Waals surface area contributed by atoms with E-state index in [1.54, 1.807) is 16.7 Å². The molecule has 1 aliphatic heterocycles. The first-order valence-corrected chi connectivity index (χ1v) is 10.4. The van der Waals surface area contributed by atoms with Crippen LogP contribution in [0.25, 0.3) is 0 Å². The predicted molar refractivity (Wildman–Crippen MR) is 107 cm³/mol. The van der Waals surface area contributed by atoms with Crippen molar-refractivity contribution >= 4 is 35.4 Å². The number of carbonyl (C=O) groups excluding carboxylic acids is 3. The number of ether oxygens (including phenoxy) is 1. The summed E-state index contributed by atoms with van der Waals surface area (Å²) in [6.07, 6.45) is 3.90. The SMILES string of the molecule is COC(=O)[C@@H](CCSC)NC(=O)[C@@H]1CCCN(C(=O)Nc2ccccc2)C1. The maximum atomic E-state index is 12.6. The minimum absolute atomic E-state index is 0.205. The number of carbonyl (C=O) groups is 3. The van der Waals surface area contributed by atoms with Gasteiger partial charge in [-0.2, -0.15) is 11.8 Å². The standard InChI is InChI=1S/C19H27N3O4S/c1-26-18(24)16(10-12-27-2)21-17(23)14-7-6-11-22(13-14)19(25)20-15-8-4-3-5-9-15/h3-5,8-9,14,16H,6-7,10-13H2,1-2H3,(H,20,25)(H,21,23)/t14-,16-/m1/s1. The number of anilines is 1. The van der Waals surface area contributed by atoms with Gasteiger partial charge in [-0.1, -0.05) is 18.2 Å². The summed E-state index contributed by atoms with van der Waals surface area (Å²) in [7, 11) is 1.32. The van der Waals surface area contributed by atoms with E-state index >= 15 is 0 Å². The average molecular weight is 394 g/mol. The van der Waals surface area contributed by atoms with Crippen molar-refractivity contribution in [1.82, 2.24) is 10.2 Å². The Morgan fingerprint density at radius 2 is 2.04 bits per heavy atom. The van der Waals surface area contributed by atoms with Crippen LogP contribution < -0.4 is 10.6 Å². The van der Waals surface area contributed by atoms with Crippen LogP contribution in [-0.2, 0) is 14.3 Å². The zero-order valence-corrected chi connectivity index (χ0v) is 16.6. The summed E-state index contributed by atoms with van der Waals surface area (Å²) < 4.78 is 4.79. The van der Waals surface area contributed by atoms with Crippen molar-refractivity contribution < 1.29 is 19.1 Å². The van der Waals surface area contributed by atoms with Crippen LogP contribution >= 0.6 is 11.8 Å². The number of hydrogen-bond donors (Lipinski definition) is 2. The molecule has 148 valence electrons. The lowest BCUT2D eigenvalue weighted by Crippen LogP contribution is -2.50. The summed E-state index contributed by atoms with van der Waals surface area (Å²) in [5.74, 6) is -0.228. The number of likely N-dealkylation sites (tertiary alicyclic amines) is 1. The van der Waals surface area contributed by atoms with Gasteiger partial charge in [-0.05, 0) is 43.4 Å². The molecule has 1 aliphatic rings. The molecule has 0 bridgehead atoms. The lowest BCUT2D eigenvalue weighted by atomic mass is 9.97. The molecule has 0 unspecified atom stereocenters. The van der Waals surface area contributed by atoms with E-state index in [0.29, 0.717) is 25.9 Å². The van der Waals surface area contributed by atoms with Gasteiger partial charge in [0, 0.05) is 18.8 Å². The fraction of sp³-hybridized carbons (Fsp3) is 0.526. The van der Waals surface area contributed by atoms with Gasteiger partial charge >= 0.3 is 12.0 Å². The lowest BCUT2D eigenvalue weighted by molar-refractivity contribution is -0.145. The number of piperidine rings is 1. The molecule has 1 aromatic carbocycles. The second-order valence-electron chi connectivity index (χ2n) is 6.45. The van der Waals surface area contributed by atoms with Crippen LogP contribution in [0, 0.1) is 5.92 Å². The third kappa shape index (κ3) is 6.46. The Morgan fingerprint density at radius 3 is 2.70 bits per heavy atom. The van der Waals surface area contributed by atoms with Crippen molar-refractivity contribution in [1.29, 1.82) is 0 Å². The molecular formula is C19H27N3O4S. The Morgan fingerprint density at radius 1 is 1.30 bits per heavy atom. The van der Waals surface area contributed by atoms with Crippen molar-refractivity contribution in [3.8, 4) is 0 Å². The fourth-order valence-electron chi connectivity index (χ4n) is 3.02. The van der Waals surface area contributed by atoms with Crippen molar-refractivity contribution in [2.24, 2.45) is 5.92 Å². The second-order valence-corrected chi connectivity index (χ2v) is 7.43. The normalized spacial score (nSPS) is 17.7. The van der Waals surface area contributed by atoms with Gasteiger partial charge in [0.15, 0.2) is 0 Å². The molecule has 2 N–H and O–H groups in total. The minimum Gasteiger partial charge on any atom is -0.467 e. The van der Waals surface area contributed by atoms with Gasteiger partial charge in [0.05, 0.1) is 13.0 Å². The molecule has 3 amide bonds. The molecule has 27 heavy (non-hydrogen) atoms. The molecule has 1 fully saturated rings. The Hall–Kier alpha value is -2.22. The average Bonchev–Trinajstić information content (AvgIpc) is 2.71. The predicted octanol–water partition coefficient (Wildman–Crippen LogP) is 2.34. The van der Waals surface area contributed by atoms with Crippen LogP contribution in [0.5, 0.6) is 0 Å². The van der Waals surface area contributed by atoms with E-state index < -0.39 is 12.0 Å². The van der Waals surface area contributed by atoms with E-state index in [-0.39, 0.29) is 17.9 Å². The van der Waals surface area contributed by atoms with E-state index in [4.69, 9.17) is 4.74 Å². The van der Waals surface area contributed by atoms with Crippen LogP contribution in [0.15, 0.2) is 30.3 Å². The van der Waals surface area contributed by atoms with Crippen molar-refractivity contribution in [2.75, 3.05) is 37.5 Å². The van der Waals surface area contributed by atoms with E-state index in [1.807, 2.05) is 36.6 Å². The first-order valence-electron chi connectivity index (χ1n) is 9.03. The number of nitrogens with one attached hydrogen (secondary N) is 2. The Labute approximate surface area is 164 Å². The number of methoxy groups -OCH3 is 1. The maximum Gasteiger partial charge on any atom is 0.328 e. The topological polar surface area (TPSA) is 87.7 Å². The Balaban J connectivity index is 1.92. The van der Waals surface area contributed by atoms with Crippen LogP contribution in [-0.4, -0.2) is 61.1 Å². The van der Waals surface area contributed by atoms with E-state index in [2.05, 4.69) is 10.6 Å². The number of urea groups is 1. The van der Waals surface area contributed by atoms with Gasteiger partial charge in [0.1, 0.15) is 6.04 Å². The van der Waals surface area contributed by atoms with Gasteiger partial charge in [-0.25, -0.2) is 9.59 Å². The number of amides is 3. The quantitative estimate of drug-likeness (QED) is 0.695. The third-order valence-corrected chi connectivity index (χ3v) is 5.16. The number of hydrogen-bond acceptors (Lipinski definition) is 5. The van der Waals surface area contributed by atoms with E-state index in [9.17, 15) is 14.4 Å². The first-order chi connectivity index (χ1) is 13.0. The van der Waals surface area contributed by atoms with Crippen molar-refractivity contribution in [3.05, 3.63) is 30.3 Å². The molecule has 0 radical (unpaired) electrons. The molecule has 0 aliphatic carbocycles. The number of rotatable bonds is 7. The second kappa shape index (κ2) is 10.8. The van der Waals surface area contributed by atoms with Crippen LogP contribution in [0.3, 0.4) is 0 Å². The third-order valence-electron chi connectivity index (χ3n) is 4.52. The molecule has 8 heteroatoms. The highest BCUT2D eigenvalue weighted by molar-refractivity contribution is 7.98. The van der Waals surface area contributed by atoms with Gasteiger partial charge in [0.2, 0.25) is 5.91 Å². The zero-order chi connectivity index (χ0) is 19.6. The zero-order valence-electron chi connectivity index (χ0n) is 15.8. The monoisotopic (exact) mass is 393 g/mol. The molecule has 1 heterocycles. The number of benzene rings is 1. The lowest BCUT2D eigenvalue weighted by Gasteiger charge is -2.32. The van der Waals surface area contributed by atoms with Crippen molar-refractivity contribution in [3.63, 3.8) is 0 Å². The smallest absolute Gasteiger partial charge is 0.328 e.